The number of aromatic nitrogens is 1. The Morgan fingerprint density at radius 2 is 1.33 bits per heavy atom. The van der Waals surface area contributed by atoms with E-state index in [1.54, 1.807) is 61.0 Å². The maximum absolute atomic E-state index is 15.1. The Balaban J connectivity index is 1.01. The van der Waals surface area contributed by atoms with Crippen LogP contribution in [0.3, 0.4) is 0 Å². The normalized spacial score (nSPS) is 15.6. The van der Waals surface area contributed by atoms with Gasteiger partial charge < -0.3 is 39.9 Å². The van der Waals surface area contributed by atoms with Crippen molar-refractivity contribution in [3.8, 4) is 17.2 Å². The topological polar surface area (TPSA) is 198 Å². The van der Waals surface area contributed by atoms with Crippen LogP contribution >= 0.6 is 34.7 Å². The fourth-order valence-electron chi connectivity index (χ4n) is 9.32. The number of ether oxygens (including phenoxy) is 3. The minimum Gasteiger partial charge on any atom is -0.504 e. The van der Waals surface area contributed by atoms with Crippen LogP contribution in [-0.4, -0.2) is 79.7 Å². The van der Waals surface area contributed by atoms with Crippen molar-refractivity contribution >= 4 is 69.3 Å². The number of alkyl halides is 1. The molecule has 1 aromatic heterocycles. The first-order chi connectivity index (χ1) is 38.6. The highest BCUT2D eigenvalue weighted by atomic mass is 35.5. The lowest BCUT2D eigenvalue weighted by Gasteiger charge is -2.49. The number of methoxy groups -OCH3 is 1. The number of amides is 2. The number of fused-ring (bicyclic) bond motifs is 1. The van der Waals surface area contributed by atoms with Crippen LogP contribution in [-0.2, 0) is 45.6 Å². The van der Waals surface area contributed by atoms with E-state index >= 15 is 4.79 Å². The van der Waals surface area contributed by atoms with Crippen LogP contribution in [0.4, 0.5) is 5.13 Å². The zero-order chi connectivity index (χ0) is 54.9. The number of carbonyl (C=O) groups excluding carboxylic acids is 4. The van der Waals surface area contributed by atoms with Crippen LogP contribution in [0, 0.1) is 0 Å². The Kier molecular flexibility index (Phi) is 16.4. The van der Waals surface area contributed by atoms with Gasteiger partial charge in [0.25, 0.3) is 11.8 Å². The van der Waals surface area contributed by atoms with E-state index in [-0.39, 0.29) is 35.2 Å². The SMILES string of the molecule is COc1ccc(COC(=O)C2=C(CCl)CS[C@@H]3C(NC(=O)/C(=N\O[C@H](C(=O)OC(c4ccccc4)c4ccccc4)c4ccc(O)c(O)c4)c4csc(NC(c5ccccc5)(c5ccccc5)c5ccccc5)n4)C(=O)N23)cc1. The zero-order valence-corrected chi connectivity index (χ0v) is 44.6. The molecule has 0 bridgehead atoms. The van der Waals surface area contributed by atoms with E-state index in [1.807, 2.05) is 127 Å². The first-order valence-electron chi connectivity index (χ1n) is 24.9. The van der Waals surface area contributed by atoms with Crippen molar-refractivity contribution in [1.82, 2.24) is 15.2 Å². The predicted octanol–water partition coefficient (Wildman–Crippen LogP) is 10.4. The molecule has 1 fully saturated rings. The number of oxime groups is 1. The Morgan fingerprint density at radius 1 is 0.759 bits per heavy atom. The number of phenols is 2. The number of aromatic hydroxyl groups is 2. The number of thioether (sulfide) groups is 1. The highest BCUT2D eigenvalue weighted by Crippen LogP contribution is 2.43. The summed E-state index contributed by atoms with van der Waals surface area (Å²) in [5.74, 6) is -3.46. The number of β-lactam (4-membered cyclic amide) rings is 1. The van der Waals surface area contributed by atoms with Crippen LogP contribution < -0.4 is 15.4 Å². The second kappa shape index (κ2) is 24.2. The van der Waals surface area contributed by atoms with E-state index in [4.69, 9.17) is 35.6 Å². The molecule has 3 atom stereocenters. The summed E-state index contributed by atoms with van der Waals surface area (Å²) in [5, 5.41) is 33.2. The van der Waals surface area contributed by atoms with E-state index < -0.39 is 70.1 Å². The fourth-order valence-corrected chi connectivity index (χ4v) is 11.7. The van der Waals surface area contributed by atoms with Crippen molar-refractivity contribution in [3.63, 3.8) is 0 Å². The molecule has 15 nitrogen and oxygen atoms in total. The van der Waals surface area contributed by atoms with Gasteiger partial charge in [-0.25, -0.2) is 14.6 Å². The number of hydrogen-bond acceptors (Lipinski definition) is 15. The van der Waals surface area contributed by atoms with Gasteiger partial charge in [-0.1, -0.05) is 175 Å². The van der Waals surface area contributed by atoms with Crippen molar-refractivity contribution in [1.29, 1.82) is 0 Å². The monoisotopic (exact) mass is 1110 g/mol. The van der Waals surface area contributed by atoms with Gasteiger partial charge in [0.15, 0.2) is 28.4 Å². The first-order valence-corrected chi connectivity index (χ1v) is 27.3. The van der Waals surface area contributed by atoms with E-state index in [1.165, 1.54) is 40.1 Å². The molecule has 398 valence electrons. The smallest absolute Gasteiger partial charge is 0.355 e. The number of benzene rings is 7. The van der Waals surface area contributed by atoms with Gasteiger partial charge in [0.2, 0.25) is 6.10 Å². The predicted molar refractivity (Wildman–Crippen MR) is 301 cm³/mol. The molecule has 10 rings (SSSR count). The lowest BCUT2D eigenvalue weighted by atomic mass is 9.77. The number of rotatable bonds is 20. The molecule has 2 aliphatic rings. The highest BCUT2D eigenvalue weighted by Gasteiger charge is 2.55. The number of nitrogens with zero attached hydrogens (tertiary/aromatic N) is 3. The Bertz CT molecular complexity index is 3380. The third kappa shape index (κ3) is 11.4. The number of nitrogens with one attached hydrogen (secondary N) is 2. The molecule has 4 N–H and O–H groups in total. The summed E-state index contributed by atoms with van der Waals surface area (Å²) >= 11 is 8.84. The number of esters is 2. The lowest BCUT2D eigenvalue weighted by Crippen LogP contribution is -2.71. The van der Waals surface area contributed by atoms with E-state index in [2.05, 4.69) is 15.8 Å². The maximum atomic E-state index is 15.1. The standard InChI is InChI=1S/C61H50ClN5O10S2/c1-74-46-30-27-38(28-31-46)35-75-58(72)52-42(34-62)36-78-57-51(56(71)67(52)57)64-55(70)50(47-37-79-60(63-47)65-61(43-21-11-4-12-22-43,44-23-13-5-14-24-44)45-25-15-6-16-26-45)66-77-54(41-29-32-48(68)49(69)33-41)59(73)76-53(39-17-7-2-8-18-39)40-19-9-3-10-20-40/h2-33,37,51,53-54,57,68-69H,34-36H2,1H3,(H,63,65)(H,64,70)/b66-50-/t51?,54-,57+/m0/s1. The Morgan fingerprint density at radius 3 is 1.87 bits per heavy atom. The molecular formula is C61H50ClN5O10S2. The van der Waals surface area contributed by atoms with Crippen LogP contribution in [0.25, 0.3) is 0 Å². The third-order valence-corrected chi connectivity index (χ3v) is 15.7. The van der Waals surface area contributed by atoms with Crippen molar-refractivity contribution in [2.24, 2.45) is 5.16 Å². The van der Waals surface area contributed by atoms with E-state index in [9.17, 15) is 24.6 Å². The largest absolute Gasteiger partial charge is 0.504 e. The van der Waals surface area contributed by atoms with Gasteiger partial charge in [0.1, 0.15) is 40.7 Å². The minimum atomic E-state index is -1.76. The molecule has 1 unspecified atom stereocenters. The van der Waals surface area contributed by atoms with Crippen LogP contribution in [0.2, 0.25) is 0 Å². The summed E-state index contributed by atoms with van der Waals surface area (Å²) in [6.45, 7) is -0.0904. The van der Waals surface area contributed by atoms with Gasteiger partial charge in [-0.15, -0.1) is 34.7 Å². The van der Waals surface area contributed by atoms with Crippen molar-refractivity contribution in [2.75, 3.05) is 24.1 Å². The molecular weight excluding hydrogens is 1060 g/mol. The summed E-state index contributed by atoms with van der Waals surface area (Å²) in [7, 11) is 1.55. The first kappa shape index (κ1) is 53.5. The molecule has 2 amide bonds. The highest BCUT2D eigenvalue weighted by molar-refractivity contribution is 8.00. The van der Waals surface area contributed by atoms with Crippen LogP contribution in [0.5, 0.6) is 17.2 Å². The van der Waals surface area contributed by atoms with Crippen LogP contribution in [0.15, 0.2) is 216 Å². The van der Waals surface area contributed by atoms with Crippen molar-refractivity contribution in [2.45, 2.75) is 35.8 Å². The number of phenolic OH excluding ortho intramolecular Hbond substituents is 2. The van der Waals surface area contributed by atoms with Gasteiger partial charge in [-0.05, 0) is 63.2 Å². The third-order valence-electron chi connectivity index (χ3n) is 13.3. The fraction of sp³-hybridized carbons (Fsp3) is 0.148. The number of anilines is 1. The molecule has 8 aromatic rings. The van der Waals surface area contributed by atoms with E-state index in [0.717, 1.165) is 22.8 Å². The molecule has 18 heteroatoms. The molecule has 0 radical (unpaired) electrons. The number of carbonyl (C=O) groups is 4. The second-order valence-electron chi connectivity index (χ2n) is 18.2. The van der Waals surface area contributed by atoms with Gasteiger partial charge in [-0.2, -0.15) is 0 Å². The quantitative estimate of drug-likeness (QED) is 0.0107. The zero-order valence-electron chi connectivity index (χ0n) is 42.2. The summed E-state index contributed by atoms with van der Waals surface area (Å²) in [4.78, 5) is 70.3. The summed E-state index contributed by atoms with van der Waals surface area (Å²) in [6, 6.07) is 57.1. The molecule has 3 heterocycles. The summed E-state index contributed by atoms with van der Waals surface area (Å²) < 4.78 is 17.2. The van der Waals surface area contributed by atoms with Crippen molar-refractivity contribution in [3.05, 3.63) is 255 Å². The maximum Gasteiger partial charge on any atom is 0.355 e. The molecule has 0 spiro atoms. The molecule has 0 saturated carbocycles. The average Bonchev–Trinajstić information content (AvgIpc) is 4.06. The Labute approximate surface area is 468 Å². The number of hydrogen-bond donors (Lipinski definition) is 4. The van der Waals surface area contributed by atoms with Gasteiger partial charge in [0, 0.05) is 22.6 Å². The molecule has 0 aliphatic carbocycles. The molecule has 79 heavy (non-hydrogen) atoms. The second-order valence-corrected chi connectivity index (χ2v) is 20.4. The molecule has 7 aromatic carbocycles. The van der Waals surface area contributed by atoms with E-state index in [0.29, 0.717) is 33.1 Å². The molecule has 2 aliphatic heterocycles. The lowest BCUT2D eigenvalue weighted by molar-refractivity contribution is -0.162. The summed E-state index contributed by atoms with van der Waals surface area (Å²) in [6.07, 6.45) is -2.70. The van der Waals surface area contributed by atoms with Gasteiger partial charge >= 0.3 is 11.9 Å². The minimum absolute atomic E-state index is 0.00301. The number of thiazole rings is 1. The van der Waals surface area contributed by atoms with Crippen molar-refractivity contribution < 1.29 is 48.4 Å². The van der Waals surface area contributed by atoms with Gasteiger partial charge in [-0.3, -0.25) is 14.5 Å². The molecule has 1 saturated heterocycles. The Hall–Kier alpha value is -8.90. The average molecular weight is 1110 g/mol. The van der Waals surface area contributed by atoms with Gasteiger partial charge in [0.05, 0.1) is 7.11 Å². The van der Waals surface area contributed by atoms with Crippen LogP contribution in [0.1, 0.15) is 56.8 Å². The number of halogens is 1. The summed E-state index contributed by atoms with van der Waals surface area (Å²) in [5.41, 5.74) is 3.64.